The Hall–Kier alpha value is -5.27. The molecule has 2 aromatic heterocycles. The summed E-state index contributed by atoms with van der Waals surface area (Å²) >= 11 is 2.28. The summed E-state index contributed by atoms with van der Waals surface area (Å²) in [5, 5.41) is 22.8. The Morgan fingerprint density at radius 3 is 2.72 bits per heavy atom. The first-order valence-corrected chi connectivity index (χ1v) is 14.4. The number of carboxylic acid groups (broad SMARTS) is 1. The lowest BCUT2D eigenvalue weighted by atomic mass is 9.97. The van der Waals surface area contributed by atoms with E-state index in [2.05, 4.69) is 24.7 Å². The Morgan fingerprint density at radius 2 is 2.07 bits per heavy atom. The zero-order valence-corrected chi connectivity index (χ0v) is 24.0. The quantitative estimate of drug-likeness (QED) is 0.0757. The summed E-state index contributed by atoms with van der Waals surface area (Å²) in [5.41, 5.74) is 9.34. The first-order chi connectivity index (χ1) is 20.7. The lowest BCUT2D eigenvalue weighted by Gasteiger charge is -2.49. The van der Waals surface area contributed by atoms with Crippen LogP contribution < -0.4 is 16.4 Å². The number of fused-ring (bicyclic) bond motifs is 1. The number of benzene rings is 1. The highest BCUT2D eigenvalue weighted by Gasteiger charge is 2.54. The van der Waals surface area contributed by atoms with E-state index in [9.17, 15) is 24.3 Å². The van der Waals surface area contributed by atoms with Crippen molar-refractivity contribution in [2.45, 2.75) is 17.8 Å². The summed E-state index contributed by atoms with van der Waals surface area (Å²) < 4.78 is 3.99. The molecule has 43 heavy (non-hydrogen) atoms. The molecule has 1 fully saturated rings. The fourth-order valence-electron chi connectivity index (χ4n) is 4.66. The molecule has 6 N–H and O–H groups in total. The standard InChI is InChI=1S/C27H23N9O5S2/c1-30-19(22-34-27(29)43-35-22)23(38)33-20-24(39)36-21(26(40)41)16(11-42-25(20)36)8-13-2-4-14(5-3-13)15-9-17(31-10-15)6-7-18(37)32-12-28/h2-7,9-10,20,25,31H,8,11H2,1H3,(H,32,37)(H,33,38)(H,40,41)(H2,29,34,35)/b7-6+,30-19?. The second-order valence-electron chi connectivity index (χ2n) is 9.30. The molecule has 2 aliphatic rings. The van der Waals surface area contributed by atoms with Gasteiger partial charge in [0.15, 0.2) is 22.9 Å². The van der Waals surface area contributed by atoms with E-state index < -0.39 is 35.1 Å². The number of rotatable bonds is 9. The fourth-order valence-corrected chi connectivity index (χ4v) is 6.44. The van der Waals surface area contributed by atoms with Crippen molar-refractivity contribution in [1.29, 1.82) is 5.26 Å². The zero-order valence-electron chi connectivity index (χ0n) is 22.4. The molecule has 1 aromatic carbocycles. The molecule has 0 saturated carbocycles. The van der Waals surface area contributed by atoms with Gasteiger partial charge in [-0.25, -0.2) is 4.79 Å². The number of aromatic amines is 1. The van der Waals surface area contributed by atoms with Crippen LogP contribution >= 0.6 is 23.3 Å². The number of carbonyl (C=O) groups is 4. The molecule has 0 radical (unpaired) electrons. The average molecular weight is 618 g/mol. The summed E-state index contributed by atoms with van der Waals surface area (Å²) in [7, 11) is 1.40. The maximum absolute atomic E-state index is 13.1. The van der Waals surface area contributed by atoms with Crippen molar-refractivity contribution in [3.05, 3.63) is 71.0 Å². The van der Waals surface area contributed by atoms with Crippen molar-refractivity contribution in [2.75, 3.05) is 18.5 Å². The SMILES string of the molecule is CN=C(C(=O)NC1C(=O)N2C(C(=O)O)=C(Cc3ccc(-c4c[nH]c(/C=C/C(=O)NC#N)c4)cc3)CSC12)c1nsc(N)n1. The van der Waals surface area contributed by atoms with Crippen molar-refractivity contribution in [3.8, 4) is 17.3 Å². The molecular weight excluding hydrogens is 594 g/mol. The summed E-state index contributed by atoms with van der Waals surface area (Å²) in [6.07, 6.45) is 6.46. The Balaban J connectivity index is 1.27. The number of carbonyl (C=O) groups excluding carboxylic acids is 3. The van der Waals surface area contributed by atoms with Crippen LogP contribution in [-0.2, 0) is 25.6 Å². The molecule has 2 unspecified atom stereocenters. The fraction of sp³-hybridized carbons (Fsp3) is 0.185. The molecule has 4 heterocycles. The molecule has 2 atom stereocenters. The van der Waals surface area contributed by atoms with Gasteiger partial charge >= 0.3 is 5.97 Å². The van der Waals surface area contributed by atoms with Gasteiger partial charge in [0, 0.05) is 42.3 Å². The van der Waals surface area contributed by atoms with Gasteiger partial charge in [0.2, 0.25) is 0 Å². The number of β-lactam (4-membered cyclic amide) rings is 1. The molecule has 0 aliphatic carbocycles. The molecule has 3 amide bonds. The number of nitrogens with zero attached hydrogens (tertiary/aromatic N) is 5. The van der Waals surface area contributed by atoms with E-state index in [0.29, 0.717) is 23.4 Å². The van der Waals surface area contributed by atoms with Crippen LogP contribution in [0.4, 0.5) is 5.13 Å². The monoisotopic (exact) mass is 617 g/mol. The highest BCUT2D eigenvalue weighted by Crippen LogP contribution is 2.41. The third-order valence-corrected chi connectivity index (χ3v) is 8.51. The normalized spacial score (nSPS) is 18.2. The number of nitrogens with one attached hydrogen (secondary N) is 3. The number of aliphatic imine (C=N–C) groups is 1. The van der Waals surface area contributed by atoms with Crippen LogP contribution in [0.2, 0.25) is 0 Å². The number of hydrogen-bond acceptors (Lipinski definition) is 11. The number of nitrogens with two attached hydrogens (primary N) is 1. The van der Waals surface area contributed by atoms with Gasteiger partial charge in [-0.2, -0.15) is 14.6 Å². The van der Waals surface area contributed by atoms with Gasteiger partial charge in [-0.3, -0.25) is 29.6 Å². The van der Waals surface area contributed by atoms with E-state index in [1.165, 1.54) is 29.8 Å². The molecule has 3 aromatic rings. The van der Waals surface area contributed by atoms with Crippen molar-refractivity contribution < 1.29 is 24.3 Å². The lowest BCUT2D eigenvalue weighted by Crippen LogP contribution is -2.71. The predicted molar refractivity (Wildman–Crippen MR) is 159 cm³/mol. The van der Waals surface area contributed by atoms with E-state index in [1.807, 2.05) is 35.6 Å². The number of carboxylic acids is 1. The van der Waals surface area contributed by atoms with Crippen molar-refractivity contribution >= 4 is 63.9 Å². The second kappa shape index (κ2) is 12.3. The third-order valence-electron chi connectivity index (χ3n) is 6.63. The maximum atomic E-state index is 13.1. The molecule has 16 heteroatoms. The third kappa shape index (κ3) is 6.03. The molecule has 0 bridgehead atoms. The molecule has 1 saturated heterocycles. The minimum atomic E-state index is -1.22. The first-order valence-electron chi connectivity index (χ1n) is 12.6. The largest absolute Gasteiger partial charge is 0.477 e. The number of amides is 3. The summed E-state index contributed by atoms with van der Waals surface area (Å²) in [6.45, 7) is 0. The van der Waals surface area contributed by atoms with Gasteiger partial charge in [0.25, 0.3) is 17.7 Å². The highest BCUT2D eigenvalue weighted by atomic mass is 32.2. The number of aliphatic carboxylic acids is 1. The summed E-state index contributed by atoms with van der Waals surface area (Å²) in [6, 6.07) is 8.47. The number of anilines is 1. The Labute approximate surface area is 252 Å². The topological polar surface area (TPSA) is 220 Å². The molecule has 0 spiro atoms. The number of nitriles is 1. The average Bonchev–Trinajstić information content (AvgIpc) is 3.64. The van der Waals surface area contributed by atoms with Crippen LogP contribution in [0, 0.1) is 11.5 Å². The van der Waals surface area contributed by atoms with Crippen molar-refractivity contribution in [3.63, 3.8) is 0 Å². The second-order valence-corrected chi connectivity index (χ2v) is 11.2. The summed E-state index contributed by atoms with van der Waals surface area (Å²) in [4.78, 5) is 61.8. The van der Waals surface area contributed by atoms with Crippen LogP contribution in [0.1, 0.15) is 17.1 Å². The number of nitrogen functional groups attached to an aromatic ring is 1. The lowest BCUT2D eigenvalue weighted by molar-refractivity contribution is -0.150. The molecule has 218 valence electrons. The molecular formula is C27H23N9O5S2. The van der Waals surface area contributed by atoms with Gasteiger partial charge in [-0.05, 0) is 40.8 Å². The number of H-pyrrole nitrogens is 1. The minimum Gasteiger partial charge on any atom is -0.477 e. The molecule has 5 rings (SSSR count). The van der Waals surface area contributed by atoms with Crippen LogP contribution in [0.3, 0.4) is 0 Å². The van der Waals surface area contributed by atoms with Gasteiger partial charge in [-0.1, -0.05) is 24.3 Å². The van der Waals surface area contributed by atoms with E-state index in [4.69, 9.17) is 11.0 Å². The minimum absolute atomic E-state index is 0.0525. The number of hydrogen-bond donors (Lipinski definition) is 5. The number of thioether (sulfide) groups is 1. The Kier molecular flexibility index (Phi) is 8.36. The number of aromatic nitrogens is 3. The Morgan fingerprint density at radius 1 is 1.30 bits per heavy atom. The van der Waals surface area contributed by atoms with Gasteiger partial charge in [-0.15, -0.1) is 11.8 Å². The highest BCUT2D eigenvalue weighted by molar-refractivity contribution is 8.00. The van der Waals surface area contributed by atoms with Crippen LogP contribution in [0.25, 0.3) is 17.2 Å². The summed E-state index contributed by atoms with van der Waals surface area (Å²) in [5.74, 6) is -2.52. The molecule has 2 aliphatic heterocycles. The van der Waals surface area contributed by atoms with E-state index in [-0.39, 0.29) is 22.4 Å². The van der Waals surface area contributed by atoms with E-state index >= 15 is 0 Å². The van der Waals surface area contributed by atoms with Gasteiger partial charge in [0.1, 0.15) is 17.1 Å². The molecule has 14 nitrogen and oxygen atoms in total. The van der Waals surface area contributed by atoms with Crippen molar-refractivity contribution in [1.82, 2.24) is 29.9 Å². The smallest absolute Gasteiger partial charge is 0.352 e. The van der Waals surface area contributed by atoms with Crippen molar-refractivity contribution in [2.24, 2.45) is 4.99 Å². The van der Waals surface area contributed by atoms with E-state index in [1.54, 1.807) is 18.5 Å². The maximum Gasteiger partial charge on any atom is 0.352 e. The van der Waals surface area contributed by atoms with Crippen LogP contribution in [0.15, 0.2) is 58.9 Å². The van der Waals surface area contributed by atoms with Gasteiger partial charge in [0.05, 0.1) is 0 Å². The van der Waals surface area contributed by atoms with Crippen LogP contribution in [-0.4, -0.2) is 78.0 Å². The Bertz CT molecular complexity index is 1750. The first kappa shape index (κ1) is 29.2. The van der Waals surface area contributed by atoms with E-state index in [0.717, 1.165) is 28.2 Å². The van der Waals surface area contributed by atoms with Crippen LogP contribution in [0.5, 0.6) is 0 Å². The van der Waals surface area contributed by atoms with Gasteiger partial charge < -0.3 is 21.1 Å². The predicted octanol–water partition coefficient (Wildman–Crippen LogP) is 1.13. The zero-order chi connectivity index (χ0) is 30.7.